The van der Waals surface area contributed by atoms with E-state index in [1.807, 2.05) is 0 Å². The number of hydrogen-bond acceptors (Lipinski definition) is 2. The van der Waals surface area contributed by atoms with Gasteiger partial charge in [0.2, 0.25) is 0 Å². The van der Waals surface area contributed by atoms with E-state index in [0.717, 1.165) is 0 Å². The number of hydrogen-bond donors (Lipinski definition) is 1. The summed E-state index contributed by atoms with van der Waals surface area (Å²) in [5.74, 6) is -0.836. The van der Waals surface area contributed by atoms with Gasteiger partial charge in [-0.3, -0.25) is 4.79 Å². The molecule has 0 atom stereocenters. The number of carboxylic acid groups (broad SMARTS) is 1. The van der Waals surface area contributed by atoms with Gasteiger partial charge in [-0.15, -0.1) is 12.4 Å². The number of rotatable bonds is 1. The van der Waals surface area contributed by atoms with E-state index in [4.69, 9.17) is 9.84 Å². The molecule has 0 saturated carbocycles. The summed E-state index contributed by atoms with van der Waals surface area (Å²) >= 11 is 0. The van der Waals surface area contributed by atoms with Crippen molar-refractivity contribution in [2.45, 2.75) is 12.8 Å². The molecule has 1 aliphatic rings. The second-order valence-electron chi connectivity index (χ2n) is 2.22. The molecular formula is C6H11ClO3. The molecule has 0 radical (unpaired) electrons. The summed E-state index contributed by atoms with van der Waals surface area (Å²) in [6.07, 6.45) is 1.35. The third-order valence-corrected chi connectivity index (χ3v) is 1.57. The van der Waals surface area contributed by atoms with Crippen LogP contribution in [-0.2, 0) is 9.53 Å². The van der Waals surface area contributed by atoms with Gasteiger partial charge < -0.3 is 9.84 Å². The molecule has 1 rings (SSSR count). The van der Waals surface area contributed by atoms with Crippen molar-refractivity contribution in [3.8, 4) is 0 Å². The Morgan fingerprint density at radius 3 is 2.20 bits per heavy atom. The maximum absolute atomic E-state index is 10.3. The average molecular weight is 167 g/mol. The van der Waals surface area contributed by atoms with Crippen LogP contribution in [0.1, 0.15) is 12.8 Å². The fourth-order valence-corrected chi connectivity index (χ4v) is 0.945. The largest absolute Gasteiger partial charge is 0.481 e. The minimum Gasteiger partial charge on any atom is -0.481 e. The van der Waals surface area contributed by atoms with E-state index in [2.05, 4.69) is 0 Å². The molecule has 0 amide bonds. The van der Waals surface area contributed by atoms with E-state index in [0.29, 0.717) is 26.1 Å². The first kappa shape index (κ1) is 9.72. The van der Waals surface area contributed by atoms with Crippen molar-refractivity contribution < 1.29 is 14.6 Å². The molecule has 0 spiro atoms. The second-order valence-corrected chi connectivity index (χ2v) is 2.22. The maximum Gasteiger partial charge on any atom is 0.306 e. The molecule has 1 saturated heterocycles. The fourth-order valence-electron chi connectivity index (χ4n) is 0.945. The Morgan fingerprint density at radius 2 is 1.90 bits per heavy atom. The van der Waals surface area contributed by atoms with E-state index < -0.39 is 5.97 Å². The van der Waals surface area contributed by atoms with Crippen molar-refractivity contribution in [3.05, 3.63) is 0 Å². The van der Waals surface area contributed by atoms with Crippen LogP contribution >= 0.6 is 12.4 Å². The van der Waals surface area contributed by atoms with Crippen molar-refractivity contribution in [2.75, 3.05) is 13.2 Å². The van der Waals surface area contributed by atoms with Crippen LogP contribution in [0.4, 0.5) is 0 Å². The third-order valence-electron chi connectivity index (χ3n) is 1.57. The summed E-state index contributed by atoms with van der Waals surface area (Å²) in [6.45, 7) is 1.22. The third kappa shape index (κ3) is 2.54. The lowest BCUT2D eigenvalue weighted by Crippen LogP contribution is -2.22. The van der Waals surface area contributed by atoms with E-state index >= 15 is 0 Å². The normalized spacial score (nSPS) is 19.6. The molecule has 0 aliphatic carbocycles. The topological polar surface area (TPSA) is 46.5 Å². The number of aliphatic carboxylic acids is 1. The molecule has 1 heterocycles. The number of ether oxygens (including phenoxy) is 1. The summed E-state index contributed by atoms with van der Waals surface area (Å²) < 4.78 is 4.99. The lowest BCUT2D eigenvalue weighted by atomic mass is 10.0. The van der Waals surface area contributed by atoms with Crippen molar-refractivity contribution in [1.82, 2.24) is 0 Å². The van der Waals surface area contributed by atoms with Crippen molar-refractivity contribution in [1.29, 1.82) is 0 Å². The zero-order valence-electron chi connectivity index (χ0n) is 5.58. The zero-order chi connectivity index (χ0) is 6.69. The highest BCUT2D eigenvalue weighted by Gasteiger charge is 2.19. The van der Waals surface area contributed by atoms with Gasteiger partial charge in [0.25, 0.3) is 0 Å². The Kier molecular flexibility index (Phi) is 4.40. The lowest BCUT2D eigenvalue weighted by molar-refractivity contribution is -0.144. The van der Waals surface area contributed by atoms with Gasteiger partial charge in [-0.25, -0.2) is 0 Å². The molecule has 0 unspecified atom stereocenters. The summed E-state index contributed by atoms with van der Waals surface area (Å²) in [4.78, 5) is 10.3. The zero-order valence-corrected chi connectivity index (χ0v) is 6.39. The number of carbonyl (C=O) groups is 1. The van der Waals surface area contributed by atoms with Gasteiger partial charge >= 0.3 is 5.97 Å². The molecular weight excluding hydrogens is 156 g/mol. The second kappa shape index (κ2) is 4.52. The number of halogens is 1. The number of carboxylic acids is 1. The Morgan fingerprint density at radius 1 is 1.40 bits per heavy atom. The van der Waals surface area contributed by atoms with Gasteiger partial charge in [-0.1, -0.05) is 0 Å². The molecule has 10 heavy (non-hydrogen) atoms. The van der Waals surface area contributed by atoms with Gasteiger partial charge in [0, 0.05) is 13.2 Å². The van der Waals surface area contributed by atoms with Crippen LogP contribution in [0, 0.1) is 5.92 Å². The molecule has 1 aliphatic heterocycles. The van der Waals surface area contributed by atoms with Crippen molar-refractivity contribution >= 4 is 18.4 Å². The summed E-state index contributed by atoms with van der Waals surface area (Å²) in [5.41, 5.74) is 0. The fraction of sp³-hybridized carbons (Fsp3) is 0.833. The smallest absolute Gasteiger partial charge is 0.306 e. The van der Waals surface area contributed by atoms with E-state index in [1.165, 1.54) is 0 Å². The van der Waals surface area contributed by atoms with Crippen LogP contribution in [-0.4, -0.2) is 24.3 Å². The Balaban J connectivity index is 0.000000810. The van der Waals surface area contributed by atoms with Crippen molar-refractivity contribution in [3.63, 3.8) is 0 Å². The average Bonchev–Trinajstić information content (AvgIpc) is 1.90. The maximum atomic E-state index is 10.3. The molecule has 0 aromatic carbocycles. The molecule has 3 nitrogen and oxygen atoms in total. The first-order valence-corrected chi connectivity index (χ1v) is 3.11. The Labute approximate surface area is 65.8 Å². The van der Waals surface area contributed by atoms with Crippen molar-refractivity contribution in [2.24, 2.45) is 5.92 Å². The summed E-state index contributed by atoms with van der Waals surface area (Å²) in [7, 11) is 0. The van der Waals surface area contributed by atoms with Crippen LogP contribution in [0.5, 0.6) is 0 Å². The van der Waals surface area contributed by atoms with Gasteiger partial charge in [0.15, 0.2) is 0 Å². The molecule has 1 N–H and O–H groups in total. The Bertz CT molecular complexity index is 110. The molecule has 0 aromatic heterocycles. The monoisotopic (exact) mass is 166 g/mol. The highest BCUT2D eigenvalue weighted by atomic mass is 35.5. The standard InChI is InChI=1S/C6H10O3.ClH/c7-6(8)5-1-3-9-4-2-5;/h5H,1-4H2,(H,7,8);1H. The SMILES string of the molecule is Cl.O=C(O)C1CCOCC1. The Hall–Kier alpha value is -0.280. The van der Waals surface area contributed by atoms with E-state index in [1.54, 1.807) is 0 Å². The first-order chi connectivity index (χ1) is 4.30. The lowest BCUT2D eigenvalue weighted by Gasteiger charge is -2.17. The molecule has 0 bridgehead atoms. The van der Waals surface area contributed by atoms with Gasteiger partial charge in [0.1, 0.15) is 0 Å². The van der Waals surface area contributed by atoms with Crippen LogP contribution in [0.25, 0.3) is 0 Å². The quantitative estimate of drug-likeness (QED) is 0.630. The van der Waals surface area contributed by atoms with Crippen LogP contribution in [0.15, 0.2) is 0 Å². The summed E-state index contributed by atoms with van der Waals surface area (Å²) in [6, 6.07) is 0. The predicted molar refractivity (Wildman–Crippen MR) is 38.4 cm³/mol. The summed E-state index contributed by atoms with van der Waals surface area (Å²) in [5, 5.41) is 8.48. The molecule has 0 aromatic rings. The molecule has 1 fully saturated rings. The molecule has 4 heteroatoms. The molecule has 60 valence electrons. The van der Waals surface area contributed by atoms with E-state index in [9.17, 15) is 4.79 Å². The van der Waals surface area contributed by atoms with Crippen LogP contribution in [0.2, 0.25) is 0 Å². The minimum atomic E-state index is -0.682. The van der Waals surface area contributed by atoms with Gasteiger partial charge in [0.05, 0.1) is 5.92 Å². The van der Waals surface area contributed by atoms with Gasteiger partial charge in [-0.05, 0) is 12.8 Å². The highest BCUT2D eigenvalue weighted by Crippen LogP contribution is 2.13. The highest BCUT2D eigenvalue weighted by molar-refractivity contribution is 5.85. The predicted octanol–water partition coefficient (Wildman–Crippen LogP) is 0.919. The van der Waals surface area contributed by atoms with Crippen LogP contribution in [0.3, 0.4) is 0 Å². The van der Waals surface area contributed by atoms with E-state index in [-0.39, 0.29) is 18.3 Å². The van der Waals surface area contributed by atoms with Crippen LogP contribution < -0.4 is 0 Å². The first-order valence-electron chi connectivity index (χ1n) is 3.11. The minimum absolute atomic E-state index is 0. The van der Waals surface area contributed by atoms with Gasteiger partial charge in [-0.2, -0.15) is 0 Å².